The minimum absolute atomic E-state index is 0.0710. The van der Waals surface area contributed by atoms with E-state index in [1.807, 2.05) is 63.4 Å². The lowest BCUT2D eigenvalue weighted by atomic mass is 10.2. The molecule has 0 atom stereocenters. The van der Waals surface area contributed by atoms with Crippen LogP contribution in [0.15, 0.2) is 60.9 Å². The predicted octanol–water partition coefficient (Wildman–Crippen LogP) is 3.70. The van der Waals surface area contributed by atoms with E-state index in [1.165, 1.54) is 5.56 Å². The Morgan fingerprint density at radius 3 is 2.31 bits per heavy atom. The van der Waals surface area contributed by atoms with Crippen LogP contribution in [0.3, 0.4) is 0 Å². The number of aromatic nitrogens is 3. The molecule has 0 spiro atoms. The second-order valence-corrected chi connectivity index (χ2v) is 6.81. The summed E-state index contributed by atoms with van der Waals surface area (Å²) in [7, 11) is 1.99. The maximum atomic E-state index is 13.0. The molecule has 150 valence electrons. The van der Waals surface area contributed by atoms with Crippen LogP contribution in [-0.2, 0) is 6.42 Å². The standard InChI is InChI=1S/C23H27N5O/c1-4-28(5-2)23(29)20-17-21(26-22(25-20)19-9-7-6-8-10-19)27(3)16-13-18-11-14-24-15-12-18/h6-12,14-15,17H,4-5,13,16H2,1-3H3. The molecule has 6 heteroatoms. The summed E-state index contributed by atoms with van der Waals surface area (Å²) in [6, 6.07) is 15.6. The van der Waals surface area contributed by atoms with Crippen LogP contribution in [0.4, 0.5) is 5.82 Å². The summed E-state index contributed by atoms with van der Waals surface area (Å²) in [5.74, 6) is 1.23. The Hall–Kier alpha value is -3.28. The number of anilines is 1. The molecule has 0 N–H and O–H groups in total. The Kier molecular flexibility index (Phi) is 6.89. The zero-order chi connectivity index (χ0) is 20.6. The van der Waals surface area contributed by atoms with E-state index in [-0.39, 0.29) is 5.91 Å². The van der Waals surface area contributed by atoms with Gasteiger partial charge < -0.3 is 9.80 Å². The van der Waals surface area contributed by atoms with Crippen LogP contribution in [0.5, 0.6) is 0 Å². The van der Waals surface area contributed by atoms with Crippen molar-refractivity contribution in [1.82, 2.24) is 19.9 Å². The highest BCUT2D eigenvalue weighted by atomic mass is 16.2. The number of benzene rings is 1. The smallest absolute Gasteiger partial charge is 0.272 e. The van der Waals surface area contributed by atoms with E-state index >= 15 is 0 Å². The van der Waals surface area contributed by atoms with Gasteiger partial charge in [-0.15, -0.1) is 0 Å². The Labute approximate surface area is 172 Å². The van der Waals surface area contributed by atoms with Gasteiger partial charge in [0.1, 0.15) is 11.5 Å². The first-order chi connectivity index (χ1) is 14.1. The number of amides is 1. The molecule has 0 aliphatic heterocycles. The first kappa shape index (κ1) is 20.5. The van der Waals surface area contributed by atoms with Crippen LogP contribution in [0.1, 0.15) is 29.9 Å². The first-order valence-electron chi connectivity index (χ1n) is 9.96. The molecular weight excluding hydrogens is 362 g/mol. The van der Waals surface area contributed by atoms with Gasteiger partial charge in [0.25, 0.3) is 5.91 Å². The predicted molar refractivity (Wildman–Crippen MR) is 116 cm³/mol. The van der Waals surface area contributed by atoms with E-state index in [4.69, 9.17) is 4.98 Å². The maximum Gasteiger partial charge on any atom is 0.272 e. The molecule has 0 unspecified atom stereocenters. The lowest BCUT2D eigenvalue weighted by Gasteiger charge is -2.22. The molecule has 2 aromatic heterocycles. The van der Waals surface area contributed by atoms with Gasteiger partial charge >= 0.3 is 0 Å². The first-order valence-corrected chi connectivity index (χ1v) is 9.96. The van der Waals surface area contributed by atoms with Crippen LogP contribution in [0, 0.1) is 0 Å². The summed E-state index contributed by atoms with van der Waals surface area (Å²) in [6.45, 7) is 6.01. The maximum absolute atomic E-state index is 13.0. The Balaban J connectivity index is 1.92. The molecule has 29 heavy (non-hydrogen) atoms. The molecule has 3 rings (SSSR count). The topological polar surface area (TPSA) is 62.2 Å². The van der Waals surface area contributed by atoms with Crippen molar-refractivity contribution < 1.29 is 4.79 Å². The number of pyridine rings is 1. The normalized spacial score (nSPS) is 10.6. The van der Waals surface area contributed by atoms with Crippen molar-refractivity contribution in [3.63, 3.8) is 0 Å². The van der Waals surface area contributed by atoms with Gasteiger partial charge in [-0.3, -0.25) is 9.78 Å². The van der Waals surface area contributed by atoms with Gasteiger partial charge in [0.15, 0.2) is 5.82 Å². The van der Waals surface area contributed by atoms with Crippen molar-refractivity contribution in [2.45, 2.75) is 20.3 Å². The summed E-state index contributed by atoms with van der Waals surface area (Å²) in [5.41, 5.74) is 2.53. The van der Waals surface area contributed by atoms with Crippen LogP contribution in [0.2, 0.25) is 0 Å². The minimum atomic E-state index is -0.0710. The average Bonchev–Trinajstić information content (AvgIpc) is 2.79. The second kappa shape index (κ2) is 9.78. The third-order valence-corrected chi connectivity index (χ3v) is 4.89. The molecule has 6 nitrogen and oxygen atoms in total. The van der Waals surface area contributed by atoms with Crippen molar-refractivity contribution in [2.24, 2.45) is 0 Å². The number of nitrogens with zero attached hydrogens (tertiary/aromatic N) is 5. The number of hydrogen-bond acceptors (Lipinski definition) is 5. The third kappa shape index (κ3) is 5.16. The molecule has 0 bridgehead atoms. The number of hydrogen-bond donors (Lipinski definition) is 0. The molecule has 0 radical (unpaired) electrons. The van der Waals surface area contributed by atoms with Gasteiger partial charge in [-0.25, -0.2) is 9.97 Å². The number of likely N-dealkylation sites (N-methyl/N-ethyl adjacent to an activating group) is 1. The van der Waals surface area contributed by atoms with Crippen molar-refractivity contribution in [2.75, 3.05) is 31.6 Å². The lowest BCUT2D eigenvalue weighted by Crippen LogP contribution is -2.32. The van der Waals surface area contributed by atoms with Gasteiger partial charge in [0, 0.05) is 50.7 Å². The molecule has 0 aliphatic carbocycles. The highest BCUT2D eigenvalue weighted by molar-refractivity contribution is 5.93. The summed E-state index contributed by atoms with van der Waals surface area (Å²) >= 11 is 0. The van der Waals surface area contributed by atoms with Gasteiger partial charge in [0.05, 0.1) is 0 Å². The van der Waals surface area contributed by atoms with E-state index in [1.54, 1.807) is 23.4 Å². The molecule has 1 amide bonds. The molecule has 0 saturated carbocycles. The van der Waals surface area contributed by atoms with Crippen molar-refractivity contribution in [3.05, 3.63) is 72.2 Å². The summed E-state index contributed by atoms with van der Waals surface area (Å²) in [6.07, 6.45) is 4.46. The van der Waals surface area contributed by atoms with E-state index in [0.29, 0.717) is 24.6 Å². The summed E-state index contributed by atoms with van der Waals surface area (Å²) < 4.78 is 0. The summed E-state index contributed by atoms with van der Waals surface area (Å²) in [5, 5.41) is 0. The van der Waals surface area contributed by atoms with Crippen molar-refractivity contribution in [3.8, 4) is 11.4 Å². The zero-order valence-corrected chi connectivity index (χ0v) is 17.2. The molecule has 0 aliphatic rings. The number of rotatable bonds is 8. The van der Waals surface area contributed by atoms with Crippen LogP contribution < -0.4 is 4.90 Å². The van der Waals surface area contributed by atoms with Crippen molar-refractivity contribution in [1.29, 1.82) is 0 Å². The van der Waals surface area contributed by atoms with Gasteiger partial charge in [-0.1, -0.05) is 30.3 Å². The van der Waals surface area contributed by atoms with E-state index < -0.39 is 0 Å². The van der Waals surface area contributed by atoms with E-state index in [2.05, 4.69) is 14.9 Å². The molecule has 3 aromatic rings. The fourth-order valence-corrected chi connectivity index (χ4v) is 3.09. The zero-order valence-electron chi connectivity index (χ0n) is 17.2. The minimum Gasteiger partial charge on any atom is -0.359 e. The highest BCUT2D eigenvalue weighted by Gasteiger charge is 2.18. The van der Waals surface area contributed by atoms with Gasteiger partial charge in [-0.2, -0.15) is 0 Å². The monoisotopic (exact) mass is 389 g/mol. The van der Waals surface area contributed by atoms with Crippen LogP contribution in [-0.4, -0.2) is 52.4 Å². The quantitative estimate of drug-likeness (QED) is 0.588. The Morgan fingerprint density at radius 1 is 0.966 bits per heavy atom. The van der Waals surface area contributed by atoms with E-state index in [0.717, 1.165) is 24.3 Å². The third-order valence-electron chi connectivity index (χ3n) is 4.89. The SMILES string of the molecule is CCN(CC)C(=O)c1cc(N(C)CCc2ccncc2)nc(-c2ccccc2)n1. The Bertz CT molecular complexity index is 927. The van der Waals surface area contributed by atoms with Gasteiger partial charge in [0.2, 0.25) is 0 Å². The second-order valence-electron chi connectivity index (χ2n) is 6.81. The van der Waals surface area contributed by atoms with Crippen molar-refractivity contribution >= 4 is 11.7 Å². The fraction of sp³-hybridized carbons (Fsp3) is 0.304. The number of carbonyl (C=O) groups is 1. The molecule has 1 aromatic carbocycles. The highest BCUT2D eigenvalue weighted by Crippen LogP contribution is 2.21. The molecular formula is C23H27N5O. The molecule has 2 heterocycles. The molecule has 0 fully saturated rings. The van der Waals surface area contributed by atoms with Gasteiger partial charge in [-0.05, 0) is 38.0 Å². The largest absolute Gasteiger partial charge is 0.359 e. The summed E-state index contributed by atoms with van der Waals surface area (Å²) in [4.78, 5) is 30.2. The average molecular weight is 390 g/mol. The molecule has 0 saturated heterocycles. The van der Waals surface area contributed by atoms with E-state index in [9.17, 15) is 4.79 Å². The van der Waals surface area contributed by atoms with Crippen LogP contribution in [0.25, 0.3) is 11.4 Å². The lowest BCUT2D eigenvalue weighted by molar-refractivity contribution is 0.0767. The number of carbonyl (C=O) groups excluding carboxylic acids is 1. The Morgan fingerprint density at radius 2 is 1.66 bits per heavy atom. The fourth-order valence-electron chi connectivity index (χ4n) is 3.09. The van der Waals surface area contributed by atoms with Crippen LogP contribution >= 0.6 is 0 Å².